The van der Waals surface area contributed by atoms with Crippen molar-refractivity contribution in [3.63, 3.8) is 0 Å². The van der Waals surface area contributed by atoms with Crippen LogP contribution in [0.4, 0.5) is 29.2 Å². The molecule has 0 amide bonds. The lowest BCUT2D eigenvalue weighted by molar-refractivity contribution is 0.255. The van der Waals surface area contributed by atoms with Crippen LogP contribution in [0.3, 0.4) is 0 Å². The topological polar surface area (TPSA) is 306 Å². The molecule has 3 aliphatic heterocycles. The van der Waals surface area contributed by atoms with Crippen molar-refractivity contribution >= 4 is 129 Å². The quantitative estimate of drug-likeness (QED) is 0.0463. The fourth-order valence-electron chi connectivity index (χ4n) is 9.66. The summed E-state index contributed by atoms with van der Waals surface area (Å²) in [5, 5.41) is 34.7. The fourth-order valence-corrected chi connectivity index (χ4v) is 12.4. The Morgan fingerprint density at radius 2 is 1.15 bits per heavy atom. The number of thiazole rings is 3. The van der Waals surface area contributed by atoms with Gasteiger partial charge in [-0.05, 0) is 99.3 Å². The van der Waals surface area contributed by atoms with Crippen LogP contribution >= 0.6 is 68.8 Å². The van der Waals surface area contributed by atoms with Gasteiger partial charge in [-0.25, -0.2) is 39.9 Å². The van der Waals surface area contributed by atoms with Gasteiger partial charge in [0.25, 0.3) is 0 Å². The Morgan fingerprint density at radius 3 is 1.69 bits per heavy atom. The molecule has 0 saturated carbocycles. The van der Waals surface area contributed by atoms with Crippen molar-refractivity contribution in [1.82, 2.24) is 69.3 Å². The number of aryl methyl sites for hydroxylation is 1. The smallest absolute Gasteiger partial charge is 0.231 e. The predicted octanol–water partition coefficient (Wildman–Crippen LogP) is 8.91. The van der Waals surface area contributed by atoms with Gasteiger partial charge >= 0.3 is 0 Å². The molecule has 3 atom stereocenters. The van der Waals surface area contributed by atoms with Gasteiger partial charge in [0, 0.05) is 37.3 Å². The van der Waals surface area contributed by atoms with E-state index in [1.54, 1.807) is 68.4 Å². The highest BCUT2D eigenvalue weighted by molar-refractivity contribution is 7.17. The van der Waals surface area contributed by atoms with Crippen molar-refractivity contribution in [2.24, 2.45) is 0 Å². The predicted molar refractivity (Wildman–Crippen MR) is 334 cm³/mol. The van der Waals surface area contributed by atoms with Gasteiger partial charge in [0.15, 0.2) is 43.8 Å². The number of nitrogens with two attached hydrogens (primary N) is 1. The van der Waals surface area contributed by atoms with Crippen molar-refractivity contribution in [2.75, 3.05) is 88.7 Å². The molecule has 2 aromatic carbocycles. The number of aromatic nitrogens is 13. The van der Waals surface area contributed by atoms with Crippen molar-refractivity contribution in [1.29, 1.82) is 0 Å². The largest absolute Gasteiger partial charge is 0.496 e. The fraction of sp³-hybridized carbons (Fsp3) is 0.389. The van der Waals surface area contributed by atoms with Gasteiger partial charge in [0.1, 0.15) is 45.6 Å². The first kappa shape index (κ1) is 62.4. The van der Waals surface area contributed by atoms with Crippen molar-refractivity contribution < 1.29 is 34.3 Å². The molecule has 31 heteroatoms. The molecule has 0 bridgehead atoms. The number of methoxy groups -OCH3 is 4. The van der Waals surface area contributed by atoms with Gasteiger partial charge in [-0.2, -0.15) is 15.0 Å². The van der Waals surface area contributed by atoms with Gasteiger partial charge in [-0.3, -0.25) is 0 Å². The number of benzene rings is 2. The maximum atomic E-state index is 9.77. The van der Waals surface area contributed by atoms with Crippen LogP contribution in [0.25, 0.3) is 42.4 Å². The highest BCUT2D eigenvalue weighted by Gasteiger charge is 2.30. The minimum Gasteiger partial charge on any atom is -0.496 e. The van der Waals surface area contributed by atoms with Crippen molar-refractivity contribution in [3.05, 3.63) is 92.7 Å². The number of nitrogens with one attached hydrogen (secondary N) is 2. The molecule has 3 fully saturated rings. The summed E-state index contributed by atoms with van der Waals surface area (Å²) < 4.78 is 25.0. The number of fused-ring (bicyclic) bond motifs is 3. The zero-order chi connectivity index (χ0) is 60.1. The van der Waals surface area contributed by atoms with Crippen LogP contribution in [-0.2, 0) is 0 Å². The highest BCUT2D eigenvalue weighted by Crippen LogP contribution is 2.40. The summed E-state index contributed by atoms with van der Waals surface area (Å²) in [4.78, 5) is 53.1. The van der Waals surface area contributed by atoms with E-state index in [-0.39, 0.29) is 35.9 Å². The summed E-state index contributed by atoms with van der Waals surface area (Å²) in [5.74, 6) is 5.61. The van der Waals surface area contributed by atoms with Crippen LogP contribution in [0, 0.1) is 13.8 Å². The molecule has 3 saturated heterocycles. The van der Waals surface area contributed by atoms with Crippen LogP contribution in [-0.4, -0.2) is 165 Å². The Morgan fingerprint density at radius 1 is 0.612 bits per heavy atom. The van der Waals surface area contributed by atoms with Crippen LogP contribution < -0.4 is 45.1 Å². The minimum atomic E-state index is 0.0571. The SMILES string of the molecule is COc1cc(-n2cnc(N)c2)cc(OC)c1OC.COc1cc(-n2cnc(Nc3nc(N4CCC[C@@H]4CO)c4ncsc4n3)c2)cc(C)c1C.Clc1nc(Cl)c2ncsc2n1.OC[C@H]1CCCN1.OC[C@H]1CCCN1c1nc(Cl)nc2scnc12. The number of ether oxygens (including phenoxy) is 4. The van der Waals surface area contributed by atoms with E-state index in [1.807, 2.05) is 35.9 Å². The average molecular weight is 1280 g/mol. The summed E-state index contributed by atoms with van der Waals surface area (Å²) >= 11 is 21.5. The molecule has 25 nitrogen and oxygen atoms in total. The Balaban J connectivity index is 0.000000139. The van der Waals surface area contributed by atoms with Gasteiger partial charge in [-0.15, -0.1) is 34.0 Å². The molecule has 85 heavy (non-hydrogen) atoms. The number of anilines is 5. The van der Waals surface area contributed by atoms with E-state index < -0.39 is 0 Å². The van der Waals surface area contributed by atoms with E-state index in [2.05, 4.69) is 83.3 Å². The summed E-state index contributed by atoms with van der Waals surface area (Å²) in [6, 6.07) is 8.32. The lowest BCUT2D eigenvalue weighted by Crippen LogP contribution is -2.33. The molecule has 450 valence electrons. The summed E-state index contributed by atoms with van der Waals surface area (Å²) in [6.07, 6.45) is 13.4. The van der Waals surface area contributed by atoms with Crippen LogP contribution in [0.5, 0.6) is 23.0 Å². The van der Waals surface area contributed by atoms with Gasteiger partial charge in [0.05, 0.1) is 101 Å². The molecule has 0 radical (unpaired) electrons. The third-order valence-electron chi connectivity index (χ3n) is 14.1. The van der Waals surface area contributed by atoms with Crippen LogP contribution in [0.1, 0.15) is 49.7 Å². The number of halogens is 3. The number of nitrogen functional groups attached to an aromatic ring is 1. The van der Waals surface area contributed by atoms with Crippen LogP contribution in [0.2, 0.25) is 15.7 Å². The Kier molecular flexibility index (Phi) is 21.5. The van der Waals surface area contributed by atoms with E-state index in [1.165, 1.54) is 40.4 Å². The van der Waals surface area contributed by atoms with E-state index in [9.17, 15) is 10.2 Å². The van der Waals surface area contributed by atoms with E-state index in [0.717, 1.165) is 117 Å². The number of imidazole rings is 2. The number of rotatable bonds is 13. The minimum absolute atomic E-state index is 0.0571. The lowest BCUT2D eigenvalue weighted by atomic mass is 10.1. The first-order chi connectivity index (χ1) is 41.3. The zero-order valence-electron chi connectivity index (χ0n) is 47.2. The molecule has 3 aliphatic rings. The molecular formula is C54H63Cl3N18O7S3. The van der Waals surface area contributed by atoms with Crippen LogP contribution in [0.15, 0.2) is 65.8 Å². The number of hydrogen-bond acceptors (Lipinski definition) is 26. The van der Waals surface area contributed by atoms with E-state index in [4.69, 9.17) is 69.6 Å². The second-order valence-corrected chi connectivity index (χ2v) is 22.8. The molecule has 0 spiro atoms. The van der Waals surface area contributed by atoms with Gasteiger partial charge < -0.3 is 69.6 Å². The van der Waals surface area contributed by atoms with E-state index in [0.29, 0.717) is 58.2 Å². The third kappa shape index (κ3) is 14.9. The first-order valence-corrected chi connectivity index (χ1v) is 30.5. The van der Waals surface area contributed by atoms with Gasteiger partial charge in [0.2, 0.25) is 22.3 Å². The number of nitrogens with zero attached hydrogens (tertiary/aromatic N) is 15. The lowest BCUT2D eigenvalue weighted by Gasteiger charge is -2.24. The monoisotopic (exact) mass is 1280 g/mol. The molecule has 10 aromatic rings. The Bertz CT molecular complexity index is 3800. The normalized spacial score (nSPS) is 16.3. The molecule has 0 aliphatic carbocycles. The Labute approximate surface area is 515 Å². The molecule has 7 N–H and O–H groups in total. The highest BCUT2D eigenvalue weighted by atomic mass is 35.5. The maximum Gasteiger partial charge on any atom is 0.231 e. The zero-order valence-corrected chi connectivity index (χ0v) is 51.9. The van der Waals surface area contributed by atoms with Crippen molar-refractivity contribution in [2.45, 2.75) is 70.5 Å². The maximum absolute atomic E-state index is 9.77. The molecule has 11 heterocycles. The van der Waals surface area contributed by atoms with Gasteiger partial charge in [-0.1, -0.05) is 11.6 Å². The summed E-state index contributed by atoms with van der Waals surface area (Å²) in [6.45, 7) is 7.46. The third-order valence-corrected chi connectivity index (χ3v) is 16.8. The number of aliphatic hydroxyl groups is 3. The first-order valence-electron chi connectivity index (χ1n) is 26.7. The summed E-state index contributed by atoms with van der Waals surface area (Å²) in [7, 11) is 6.39. The second kappa shape index (κ2) is 29.3. The molecule has 13 rings (SSSR count). The van der Waals surface area contributed by atoms with Crippen molar-refractivity contribution in [3.8, 4) is 34.4 Å². The Hall–Kier alpha value is -7.12. The standard InChI is InChI=1S/C22H25N7O2S.C12H15N3O3.C10H11ClN4OS.C5HCl2N3S.C5H11NO/c1-13-7-16(8-17(31-3)14(13)2)28-9-18(23-11-28)25-22-26-20(19-21(27-22)32-12-24-19)29-6-4-5-15(29)10-30;1-16-9-4-8(15-6-11(13)14-7-15)5-10(17-2)12(9)18-3;11-10-13-8(7-9(14-10)17-5-12-7)15-3-1-2-6(15)4-16;6-3-2-4(11-1-8-2)10-5(7)9-3;7-4-5-2-1-3-6-5/h7-9,11-12,15,30H,4-6,10H2,1-3H3,(H,25,26,27);4-7H,13H2,1-3H3;5-6,16H,1-4H2;1H;5-7H,1-4H2/t15-;;6-;;5-/m1.1.1/s1. The molecule has 0 unspecified atom stereocenters. The summed E-state index contributed by atoms with van der Waals surface area (Å²) in [5.41, 5.74) is 17.0. The van der Waals surface area contributed by atoms with E-state index >= 15 is 0 Å². The number of hydrogen-bond donors (Lipinski definition) is 6. The molecule has 8 aromatic heterocycles. The molecular weight excluding hydrogens is 1220 g/mol. The second-order valence-electron chi connectivity index (χ2n) is 19.3. The number of aliphatic hydroxyl groups excluding tert-OH is 3. The average Bonchev–Trinajstić information content (AvgIpc) is 4.32.